The molecule has 168 valence electrons. The molecule has 0 unspecified atom stereocenters. The Balaban J connectivity index is 1.90. The second kappa shape index (κ2) is 9.98. The minimum Gasteiger partial charge on any atom is -0.321 e. The van der Waals surface area contributed by atoms with E-state index in [2.05, 4.69) is 10.6 Å². The van der Waals surface area contributed by atoms with Gasteiger partial charge in [0.05, 0.1) is 16.3 Å². The van der Waals surface area contributed by atoms with Crippen LogP contribution in [0.4, 0.5) is 11.4 Å². The maximum Gasteiger partial charge on any atom is 0.279 e. The predicted molar refractivity (Wildman–Crippen MR) is 114 cm³/mol. The predicted octanol–water partition coefficient (Wildman–Crippen LogP) is -1.54. The lowest BCUT2D eigenvalue weighted by atomic mass is 10.3. The first kappa shape index (κ1) is 24.4. The number of quaternary nitrogens is 1. The van der Waals surface area contributed by atoms with Crippen LogP contribution in [0.1, 0.15) is 6.92 Å². The Kier molecular flexibility index (Phi) is 7.86. The first-order valence-electron chi connectivity index (χ1n) is 9.07. The molecule has 0 bridgehead atoms. The summed E-state index contributed by atoms with van der Waals surface area (Å²) in [6.45, 7) is 2.32. The van der Waals surface area contributed by atoms with Crippen LogP contribution in [0.5, 0.6) is 0 Å². The topological polar surface area (TPSA) is 183 Å². The van der Waals surface area contributed by atoms with Crippen LogP contribution < -0.4 is 25.8 Å². The molecule has 0 aliphatic rings. The Hall–Kier alpha value is -2.84. The van der Waals surface area contributed by atoms with Crippen LogP contribution in [0.2, 0.25) is 0 Å². The quantitative estimate of drug-likeness (QED) is 0.296. The molecular weight excluding hydrogens is 446 g/mol. The van der Waals surface area contributed by atoms with E-state index in [1.807, 2.05) is 6.92 Å². The maximum absolute atomic E-state index is 12.3. The summed E-state index contributed by atoms with van der Waals surface area (Å²) < 4.78 is 45.0. The molecule has 0 saturated heterocycles. The summed E-state index contributed by atoms with van der Waals surface area (Å²) in [7, 11) is -7.63. The van der Waals surface area contributed by atoms with Crippen molar-refractivity contribution in [3.8, 4) is 0 Å². The Morgan fingerprint density at radius 1 is 0.742 bits per heavy atom. The highest BCUT2D eigenvalue weighted by Gasteiger charge is 2.17. The van der Waals surface area contributed by atoms with Crippen molar-refractivity contribution < 1.29 is 31.3 Å². The third kappa shape index (κ3) is 7.73. The highest BCUT2D eigenvalue weighted by atomic mass is 32.2. The van der Waals surface area contributed by atoms with Gasteiger partial charge in [0.2, 0.25) is 20.0 Å². The lowest BCUT2D eigenvalue weighted by molar-refractivity contribution is -0.881. The average Bonchev–Trinajstić information content (AvgIpc) is 2.66. The summed E-state index contributed by atoms with van der Waals surface area (Å²) in [4.78, 5) is 25.1. The van der Waals surface area contributed by atoms with E-state index in [-0.39, 0.29) is 34.7 Å². The normalized spacial score (nSPS) is 11.9. The number of hydrogen-bond donors (Lipinski definition) is 5. The highest BCUT2D eigenvalue weighted by Crippen LogP contribution is 2.13. The SMILES string of the molecule is CC[NH+](CC(=O)Nc1ccc(S(N)(=O)=O)cc1)CC(=O)Nc1ccc(S(N)(=O)=O)cc1. The summed E-state index contributed by atoms with van der Waals surface area (Å²) in [5.41, 5.74) is 0.791. The fraction of sp³-hybridized carbons (Fsp3) is 0.222. The van der Waals surface area contributed by atoms with E-state index in [9.17, 15) is 26.4 Å². The van der Waals surface area contributed by atoms with Crippen LogP contribution in [-0.2, 0) is 29.6 Å². The third-order valence-electron chi connectivity index (χ3n) is 4.25. The van der Waals surface area contributed by atoms with Crippen molar-refractivity contribution in [2.24, 2.45) is 10.3 Å². The number of carbonyl (C=O) groups is 2. The molecule has 2 aromatic carbocycles. The van der Waals surface area contributed by atoms with E-state index >= 15 is 0 Å². The molecular formula is C18H24N5O6S2+. The highest BCUT2D eigenvalue weighted by molar-refractivity contribution is 7.89. The minimum atomic E-state index is -3.82. The van der Waals surface area contributed by atoms with Crippen molar-refractivity contribution in [1.82, 2.24) is 0 Å². The summed E-state index contributed by atoms with van der Waals surface area (Å²) in [5, 5.41) is 15.3. The molecule has 0 radical (unpaired) electrons. The van der Waals surface area contributed by atoms with Crippen molar-refractivity contribution in [1.29, 1.82) is 0 Å². The summed E-state index contributed by atoms with van der Waals surface area (Å²) in [6.07, 6.45) is 0. The number of amides is 2. The van der Waals surface area contributed by atoms with Gasteiger partial charge in [0.1, 0.15) is 0 Å². The Morgan fingerprint density at radius 2 is 1.06 bits per heavy atom. The fourth-order valence-corrected chi connectivity index (χ4v) is 3.66. The summed E-state index contributed by atoms with van der Waals surface area (Å²) in [6, 6.07) is 10.8. The summed E-state index contributed by atoms with van der Waals surface area (Å²) in [5.74, 6) is -0.712. The zero-order valence-electron chi connectivity index (χ0n) is 16.7. The number of rotatable bonds is 9. The molecule has 0 aliphatic heterocycles. The molecule has 2 rings (SSSR count). The van der Waals surface area contributed by atoms with Crippen LogP contribution in [-0.4, -0.2) is 48.3 Å². The molecule has 0 fully saturated rings. The molecule has 0 aliphatic carbocycles. The molecule has 2 amide bonds. The van der Waals surface area contributed by atoms with Crippen LogP contribution in [0.15, 0.2) is 58.3 Å². The fourth-order valence-electron chi connectivity index (χ4n) is 2.63. The van der Waals surface area contributed by atoms with Gasteiger partial charge in [0.15, 0.2) is 13.1 Å². The zero-order chi connectivity index (χ0) is 23.2. The number of sulfonamides is 2. The molecule has 0 aromatic heterocycles. The Morgan fingerprint density at radius 3 is 1.32 bits per heavy atom. The molecule has 11 nitrogen and oxygen atoms in total. The van der Waals surface area contributed by atoms with Crippen molar-refractivity contribution in [2.45, 2.75) is 16.7 Å². The monoisotopic (exact) mass is 470 g/mol. The molecule has 31 heavy (non-hydrogen) atoms. The molecule has 0 spiro atoms. The van der Waals surface area contributed by atoms with Crippen LogP contribution >= 0.6 is 0 Å². The van der Waals surface area contributed by atoms with Gasteiger partial charge in [-0.2, -0.15) is 0 Å². The molecule has 0 saturated carbocycles. The smallest absolute Gasteiger partial charge is 0.279 e. The van der Waals surface area contributed by atoms with E-state index in [1.165, 1.54) is 48.5 Å². The van der Waals surface area contributed by atoms with Crippen LogP contribution in [0, 0.1) is 0 Å². The van der Waals surface area contributed by atoms with E-state index < -0.39 is 20.0 Å². The van der Waals surface area contributed by atoms with Gasteiger partial charge >= 0.3 is 0 Å². The second-order valence-electron chi connectivity index (χ2n) is 6.69. The number of benzene rings is 2. The van der Waals surface area contributed by atoms with E-state index in [4.69, 9.17) is 10.3 Å². The number of carbonyl (C=O) groups excluding carboxylic acids is 2. The lowest BCUT2D eigenvalue weighted by Crippen LogP contribution is -3.13. The van der Waals surface area contributed by atoms with Gasteiger partial charge < -0.3 is 15.5 Å². The lowest BCUT2D eigenvalue weighted by Gasteiger charge is -2.17. The first-order valence-corrected chi connectivity index (χ1v) is 12.2. The Labute approximate surface area is 180 Å². The zero-order valence-corrected chi connectivity index (χ0v) is 18.3. The number of likely N-dealkylation sites (N-methyl/N-ethyl adjacent to an activating group) is 1. The van der Waals surface area contributed by atoms with Gasteiger partial charge in [-0.15, -0.1) is 0 Å². The van der Waals surface area contributed by atoms with Crippen molar-refractivity contribution in [2.75, 3.05) is 30.3 Å². The van der Waals surface area contributed by atoms with Gasteiger partial charge in [-0.1, -0.05) is 0 Å². The van der Waals surface area contributed by atoms with Gasteiger partial charge in [-0.25, -0.2) is 27.1 Å². The van der Waals surface area contributed by atoms with Crippen LogP contribution in [0.3, 0.4) is 0 Å². The van der Waals surface area contributed by atoms with Crippen molar-refractivity contribution in [3.63, 3.8) is 0 Å². The molecule has 0 heterocycles. The van der Waals surface area contributed by atoms with E-state index in [0.29, 0.717) is 22.8 Å². The number of nitrogens with one attached hydrogen (secondary N) is 3. The van der Waals surface area contributed by atoms with Gasteiger partial charge in [0.25, 0.3) is 11.8 Å². The van der Waals surface area contributed by atoms with E-state index in [0.717, 1.165) is 0 Å². The second-order valence-corrected chi connectivity index (χ2v) is 9.82. The number of nitrogens with two attached hydrogens (primary N) is 2. The molecule has 0 atom stereocenters. The van der Waals surface area contributed by atoms with E-state index in [1.54, 1.807) is 0 Å². The standard InChI is InChI=1S/C18H23N5O6S2/c1-2-23(11-17(24)21-13-3-7-15(8-4-13)30(19,26)27)12-18(25)22-14-5-9-16(10-6-14)31(20,28)29/h3-10H,2,11-12H2,1H3,(H,21,24)(H,22,25)(H2,19,26,27)(H2,20,28,29)/p+1. The van der Waals surface area contributed by atoms with Crippen LogP contribution in [0.25, 0.3) is 0 Å². The van der Waals surface area contributed by atoms with Gasteiger partial charge in [-0.3, -0.25) is 9.59 Å². The minimum absolute atomic E-state index is 0.00517. The third-order valence-corrected chi connectivity index (χ3v) is 6.11. The van der Waals surface area contributed by atoms with Gasteiger partial charge in [0, 0.05) is 11.4 Å². The van der Waals surface area contributed by atoms with Gasteiger partial charge in [-0.05, 0) is 55.5 Å². The summed E-state index contributed by atoms with van der Waals surface area (Å²) >= 11 is 0. The molecule has 2 aromatic rings. The van der Waals surface area contributed by atoms with Crippen molar-refractivity contribution >= 4 is 43.2 Å². The molecule has 13 heteroatoms. The maximum atomic E-state index is 12.3. The van der Waals surface area contributed by atoms with Crippen molar-refractivity contribution in [3.05, 3.63) is 48.5 Å². The Bertz CT molecular complexity index is 1060. The number of hydrogen-bond acceptors (Lipinski definition) is 6. The average molecular weight is 471 g/mol. The number of anilines is 2. The number of primary sulfonamides is 2. The first-order chi connectivity index (χ1) is 14.4. The largest absolute Gasteiger partial charge is 0.321 e. The molecule has 7 N–H and O–H groups in total.